The number of hydrogen-bond donors (Lipinski definition) is 11. The van der Waals surface area contributed by atoms with Crippen molar-refractivity contribution in [2.75, 3.05) is 19.8 Å². The third-order valence-electron chi connectivity index (χ3n) is 19.9. The molecule has 33 nitrogen and oxygen atoms in total. The molecule has 6 aromatic carbocycles. The SMILES string of the molecule is C[C@H](NC(=O)CNC(=O)[C@H](CC(=O)NC(c1ccccc1)(c1ccccc1)c1ccccc1)NC(=O)OCC1c2ccccc2-c2ccccc21)C(=O)N[C@@H](CCC(=O)OC(C)(C)C)C(=O)N[C@@H](CC(=O)OC(C)(C)C)C(=O)N[C@@H](CCC(=O)OC(C)(C)C)C(=O)N[C@@H](COC(C)(C)C)C(=O)N[C@@H](C)C(=O)N[C@@H](CCC(=O)OC(C)(C)C)C(=O)N[C@@H](C)C(=O)c1ccccc1. The quantitative estimate of drug-likeness (QED) is 0.00743. The van der Waals surface area contributed by atoms with Crippen LogP contribution >= 0.6 is 0 Å². The summed E-state index contributed by atoms with van der Waals surface area (Å²) in [5, 5.41) is 28.2. The molecule has 0 aromatic heterocycles. The zero-order valence-corrected chi connectivity index (χ0v) is 77.2. The molecule has 33 heteroatoms. The highest BCUT2D eigenvalue weighted by atomic mass is 16.6. The van der Waals surface area contributed by atoms with Gasteiger partial charge in [0, 0.05) is 30.7 Å². The first kappa shape index (κ1) is 104. The van der Waals surface area contributed by atoms with Gasteiger partial charge in [0.05, 0.1) is 37.6 Å². The summed E-state index contributed by atoms with van der Waals surface area (Å²) in [5.41, 5.74) is -0.730. The number of rotatable bonds is 42. The van der Waals surface area contributed by atoms with Gasteiger partial charge in [-0.25, -0.2) is 4.79 Å². The first-order chi connectivity index (χ1) is 60.9. The second-order valence-corrected chi connectivity index (χ2v) is 36.7. The molecule has 11 amide bonds. The van der Waals surface area contributed by atoms with Crippen LogP contribution < -0.4 is 58.5 Å². The number of benzene rings is 6. The van der Waals surface area contributed by atoms with Crippen molar-refractivity contribution in [2.24, 2.45) is 0 Å². The second-order valence-electron chi connectivity index (χ2n) is 36.7. The van der Waals surface area contributed by atoms with Crippen molar-refractivity contribution in [3.05, 3.63) is 203 Å². The topological polar surface area (TPSA) is 461 Å². The molecular weight excluding hydrogens is 1670 g/mol. The van der Waals surface area contributed by atoms with E-state index in [1.807, 2.05) is 140 Å². The van der Waals surface area contributed by atoms with Gasteiger partial charge >= 0.3 is 30.0 Å². The summed E-state index contributed by atoms with van der Waals surface area (Å²) in [6.45, 7) is 26.0. The summed E-state index contributed by atoms with van der Waals surface area (Å²) in [4.78, 5) is 227. The molecule has 130 heavy (non-hydrogen) atoms. The van der Waals surface area contributed by atoms with E-state index in [0.29, 0.717) is 16.7 Å². The van der Waals surface area contributed by atoms with Gasteiger partial charge in [-0.3, -0.25) is 71.9 Å². The first-order valence-electron chi connectivity index (χ1n) is 43.3. The second kappa shape index (κ2) is 46.7. The Balaban J connectivity index is 1.12. The fourth-order valence-electron chi connectivity index (χ4n) is 13.9. The average Bonchev–Trinajstić information content (AvgIpc) is 1.74. The third kappa shape index (κ3) is 33.5. The van der Waals surface area contributed by atoms with E-state index in [1.54, 1.807) is 113 Å². The molecule has 9 atom stereocenters. The number of carbonyl (C=O) groups is 16. The van der Waals surface area contributed by atoms with Crippen LogP contribution in [-0.4, -0.2) is 197 Å². The van der Waals surface area contributed by atoms with E-state index in [0.717, 1.165) is 22.3 Å². The van der Waals surface area contributed by atoms with Crippen LogP contribution in [0, 0.1) is 0 Å². The van der Waals surface area contributed by atoms with Gasteiger partial charge in [-0.05, 0) is 183 Å². The Labute approximate surface area is 758 Å². The Bertz CT molecular complexity index is 4840. The van der Waals surface area contributed by atoms with Crippen LogP contribution in [0.5, 0.6) is 0 Å². The number of esters is 4. The Morgan fingerprint density at radius 2 is 0.662 bits per heavy atom. The van der Waals surface area contributed by atoms with Crippen molar-refractivity contribution >= 4 is 94.8 Å². The van der Waals surface area contributed by atoms with Gasteiger partial charge in [-0.2, -0.15) is 0 Å². The van der Waals surface area contributed by atoms with Crippen molar-refractivity contribution in [1.29, 1.82) is 0 Å². The molecule has 0 unspecified atom stereocenters. The van der Waals surface area contributed by atoms with Gasteiger partial charge in [0.1, 0.15) is 82.9 Å². The molecular formula is C97H125N11O22. The zero-order valence-electron chi connectivity index (χ0n) is 77.2. The zero-order chi connectivity index (χ0) is 96.2. The summed E-state index contributed by atoms with van der Waals surface area (Å²) in [6.07, 6.45) is -5.82. The largest absolute Gasteiger partial charge is 0.460 e. The van der Waals surface area contributed by atoms with Crippen molar-refractivity contribution in [2.45, 2.75) is 270 Å². The number of nitrogens with one attached hydrogen (secondary N) is 11. The molecule has 0 heterocycles. The molecule has 700 valence electrons. The summed E-state index contributed by atoms with van der Waals surface area (Å²) in [6, 6.07) is 35.8. The van der Waals surface area contributed by atoms with Crippen LogP contribution in [0.1, 0.15) is 220 Å². The number of Topliss-reactive ketones (excluding diaryl/α,β-unsaturated/α-hetero) is 1. The van der Waals surface area contributed by atoms with E-state index in [1.165, 1.54) is 41.5 Å². The summed E-state index contributed by atoms with van der Waals surface area (Å²) >= 11 is 0. The van der Waals surface area contributed by atoms with E-state index < -0.39 is 240 Å². The van der Waals surface area contributed by atoms with E-state index >= 15 is 4.79 Å². The Kier molecular flexibility index (Phi) is 37.3. The first-order valence-corrected chi connectivity index (χ1v) is 43.3. The standard InChI is InChI=1S/C97H125N11O22/c1-58(82(115)61-35-23-19-24-36-61)100-86(119)70(47-50-78(111)127-93(7,8)9)102-84(117)60(3)101-90(123)75(57-126-92(4,5)6)106-88(121)72(49-52-80(113)129-95(13,14)15)104-89(122)74(54-81(114)130-96(16,17)18)105-87(120)71(48-51-79(112)128-94(10,11)12)103-83(116)59(2)99-77(110)55-98-85(118)73(107-91(124)125-56-69-67-45-33-31-43-65(67)66-44-32-34-46-68(66)69)53-76(109)108-97(62-37-25-20-26-38-62,63-39-27-21-28-40-63)64-41-29-22-30-42-64/h19-46,58-60,69-75H,47-57H2,1-18H3,(H,98,118)(H,99,110)(H,100,119)(H,101,123)(H,102,117)(H,103,116)(H,104,122)(H,105,120)(H,106,121)(H,107,124)(H,108,109)/t58-,59-,60-,70-,71-,72-,73-,74-,75-/m0/s1. The molecule has 1 aliphatic carbocycles. The molecule has 0 saturated heterocycles. The van der Waals surface area contributed by atoms with Gasteiger partial charge in [0.15, 0.2) is 5.78 Å². The molecule has 0 fully saturated rings. The predicted octanol–water partition coefficient (Wildman–Crippen LogP) is 8.24. The number of ether oxygens (including phenoxy) is 6. The lowest BCUT2D eigenvalue weighted by Crippen LogP contribution is -2.61. The Morgan fingerprint density at radius 1 is 0.323 bits per heavy atom. The molecule has 11 N–H and O–H groups in total. The number of hydrogen-bond acceptors (Lipinski definition) is 22. The van der Waals surface area contributed by atoms with E-state index in [4.69, 9.17) is 28.4 Å². The van der Waals surface area contributed by atoms with Crippen LogP contribution in [0.15, 0.2) is 170 Å². The van der Waals surface area contributed by atoms with E-state index in [-0.39, 0.29) is 25.0 Å². The van der Waals surface area contributed by atoms with Crippen LogP contribution in [0.3, 0.4) is 0 Å². The van der Waals surface area contributed by atoms with E-state index in [2.05, 4.69) is 58.5 Å². The fraction of sp³-hybridized carbons (Fsp3) is 0.464. The van der Waals surface area contributed by atoms with Crippen LogP contribution in [0.25, 0.3) is 11.1 Å². The molecule has 0 spiro atoms. The van der Waals surface area contributed by atoms with Crippen molar-refractivity contribution < 1.29 is 105 Å². The highest BCUT2D eigenvalue weighted by Gasteiger charge is 2.42. The lowest BCUT2D eigenvalue weighted by atomic mass is 9.77. The lowest BCUT2D eigenvalue weighted by Gasteiger charge is -2.37. The number of carbonyl (C=O) groups excluding carboxylic acids is 16. The summed E-state index contributed by atoms with van der Waals surface area (Å²) in [7, 11) is 0. The Morgan fingerprint density at radius 3 is 1.08 bits per heavy atom. The minimum Gasteiger partial charge on any atom is -0.460 e. The van der Waals surface area contributed by atoms with Crippen LogP contribution in [0.2, 0.25) is 0 Å². The molecule has 0 bridgehead atoms. The van der Waals surface area contributed by atoms with Gasteiger partial charge in [-0.1, -0.05) is 170 Å². The fourth-order valence-corrected chi connectivity index (χ4v) is 13.9. The molecule has 0 radical (unpaired) electrons. The maximum Gasteiger partial charge on any atom is 0.407 e. The number of fused-ring (bicyclic) bond motifs is 3. The highest BCUT2D eigenvalue weighted by molar-refractivity contribution is 6.03. The number of amides is 11. The van der Waals surface area contributed by atoms with Gasteiger partial charge in [0.25, 0.3) is 0 Å². The lowest BCUT2D eigenvalue weighted by molar-refractivity contribution is -0.157. The maximum atomic E-state index is 15.1. The summed E-state index contributed by atoms with van der Waals surface area (Å²) < 4.78 is 34.0. The van der Waals surface area contributed by atoms with Gasteiger partial charge in [-0.15, -0.1) is 0 Å². The highest BCUT2D eigenvalue weighted by Crippen LogP contribution is 2.45. The van der Waals surface area contributed by atoms with Crippen molar-refractivity contribution in [3.63, 3.8) is 0 Å². The molecule has 6 aromatic rings. The monoisotopic (exact) mass is 1800 g/mol. The summed E-state index contributed by atoms with van der Waals surface area (Å²) in [5.74, 6) is -14.9. The average molecular weight is 1800 g/mol. The molecule has 1 aliphatic rings. The number of alkyl carbamates (subject to hydrolysis) is 1. The van der Waals surface area contributed by atoms with Gasteiger partial charge < -0.3 is 86.9 Å². The Hall–Kier alpha value is -13.2. The number of ketones is 1. The van der Waals surface area contributed by atoms with Gasteiger partial charge in [0.2, 0.25) is 59.1 Å². The molecule has 0 aliphatic heterocycles. The predicted molar refractivity (Wildman–Crippen MR) is 482 cm³/mol. The smallest absolute Gasteiger partial charge is 0.407 e. The minimum absolute atomic E-state index is 0.179. The normalized spacial score (nSPS) is 14.2. The minimum atomic E-state index is -2.04. The van der Waals surface area contributed by atoms with Crippen molar-refractivity contribution in [1.82, 2.24) is 58.5 Å². The molecule has 0 saturated carbocycles. The van der Waals surface area contributed by atoms with Crippen LogP contribution in [-0.2, 0) is 101 Å². The van der Waals surface area contributed by atoms with Crippen LogP contribution in [0.4, 0.5) is 4.79 Å². The third-order valence-corrected chi connectivity index (χ3v) is 19.9. The maximum absolute atomic E-state index is 15.1. The van der Waals surface area contributed by atoms with E-state index in [9.17, 15) is 71.9 Å². The van der Waals surface area contributed by atoms with Crippen molar-refractivity contribution in [3.8, 4) is 11.1 Å². The molecule has 7 rings (SSSR count).